The van der Waals surface area contributed by atoms with Gasteiger partial charge in [-0.3, -0.25) is 9.48 Å². The third-order valence-electron chi connectivity index (χ3n) is 7.50. The van der Waals surface area contributed by atoms with E-state index in [1.165, 1.54) is 35.9 Å². The first-order valence-corrected chi connectivity index (χ1v) is 9.95. The van der Waals surface area contributed by atoms with Gasteiger partial charge in [0.1, 0.15) is 12.3 Å². The summed E-state index contributed by atoms with van der Waals surface area (Å²) in [6, 6.07) is 5.94. The van der Waals surface area contributed by atoms with E-state index in [1.807, 2.05) is 23.0 Å². The van der Waals surface area contributed by atoms with Gasteiger partial charge in [-0.05, 0) is 78.7 Å². The SMILES string of the molecule is COC(=O)Cn1ncc2c1[C@@]1(C)CC[C@@H]3c4ccc(O)cc4CC[C@H]3[C@@H]1C2. The highest BCUT2D eigenvalue weighted by atomic mass is 16.5. The third-order valence-corrected chi connectivity index (χ3v) is 7.50. The summed E-state index contributed by atoms with van der Waals surface area (Å²) in [5.41, 5.74) is 5.41. The monoisotopic (exact) mass is 366 g/mol. The number of phenols is 1. The summed E-state index contributed by atoms with van der Waals surface area (Å²) in [5, 5.41) is 14.3. The zero-order valence-electron chi connectivity index (χ0n) is 15.9. The van der Waals surface area contributed by atoms with Gasteiger partial charge in [-0.2, -0.15) is 5.10 Å². The number of hydrogen-bond acceptors (Lipinski definition) is 4. The Morgan fingerprint density at radius 3 is 3.04 bits per heavy atom. The molecule has 27 heavy (non-hydrogen) atoms. The number of methoxy groups -OCH3 is 1. The fourth-order valence-corrected chi connectivity index (χ4v) is 6.34. The number of aromatic hydroxyl groups is 1. The smallest absolute Gasteiger partial charge is 0.327 e. The molecule has 0 bridgehead atoms. The van der Waals surface area contributed by atoms with Gasteiger partial charge in [-0.15, -0.1) is 0 Å². The lowest BCUT2D eigenvalue weighted by molar-refractivity contribution is -0.141. The van der Waals surface area contributed by atoms with Crippen molar-refractivity contribution in [3.63, 3.8) is 0 Å². The maximum Gasteiger partial charge on any atom is 0.327 e. The van der Waals surface area contributed by atoms with Gasteiger partial charge >= 0.3 is 5.97 Å². The molecule has 0 saturated heterocycles. The van der Waals surface area contributed by atoms with Crippen molar-refractivity contribution in [1.29, 1.82) is 0 Å². The van der Waals surface area contributed by atoms with Crippen LogP contribution in [0.15, 0.2) is 24.4 Å². The van der Waals surface area contributed by atoms with Gasteiger partial charge in [0.2, 0.25) is 0 Å². The van der Waals surface area contributed by atoms with E-state index in [1.54, 1.807) is 0 Å². The van der Waals surface area contributed by atoms with Gasteiger partial charge in [0, 0.05) is 11.1 Å². The first-order valence-electron chi connectivity index (χ1n) is 9.95. The molecule has 1 heterocycles. The van der Waals surface area contributed by atoms with Gasteiger partial charge in [-0.1, -0.05) is 13.0 Å². The zero-order valence-corrected chi connectivity index (χ0v) is 15.9. The van der Waals surface area contributed by atoms with Crippen molar-refractivity contribution in [2.45, 2.75) is 56.9 Å². The van der Waals surface area contributed by atoms with Crippen LogP contribution in [0.5, 0.6) is 5.75 Å². The number of aryl methyl sites for hydroxylation is 1. The van der Waals surface area contributed by atoms with Crippen LogP contribution in [0.25, 0.3) is 0 Å². The summed E-state index contributed by atoms with van der Waals surface area (Å²) in [4.78, 5) is 11.8. The van der Waals surface area contributed by atoms with Crippen LogP contribution >= 0.6 is 0 Å². The Morgan fingerprint density at radius 1 is 1.37 bits per heavy atom. The van der Waals surface area contributed by atoms with Crippen LogP contribution in [0.3, 0.4) is 0 Å². The number of rotatable bonds is 2. The standard InChI is InChI=1S/C22H26N2O3/c1-22-8-7-17-16-6-4-15(25)9-13(16)3-5-18(17)19(22)10-14-11-23-24(21(14)22)12-20(26)27-2/h4,6,9,11,17-19,25H,3,5,7-8,10,12H2,1-2H3/t17-,18-,19+,22+/m1/s1. The lowest BCUT2D eigenvalue weighted by Gasteiger charge is -2.49. The second-order valence-corrected chi connectivity index (χ2v) is 8.71. The summed E-state index contributed by atoms with van der Waals surface area (Å²) in [6.45, 7) is 2.58. The van der Waals surface area contributed by atoms with Crippen LogP contribution in [0, 0.1) is 11.8 Å². The van der Waals surface area contributed by atoms with Crippen LogP contribution in [0.4, 0.5) is 0 Å². The summed E-state index contributed by atoms with van der Waals surface area (Å²) >= 11 is 0. The average molecular weight is 366 g/mol. The minimum absolute atomic E-state index is 0.0788. The Bertz CT molecular complexity index is 918. The molecular formula is C22H26N2O3. The molecule has 142 valence electrons. The van der Waals surface area contributed by atoms with Crippen molar-refractivity contribution in [2.24, 2.45) is 11.8 Å². The molecule has 2 aromatic rings. The molecule has 0 unspecified atom stereocenters. The van der Waals surface area contributed by atoms with Gasteiger partial charge in [0.15, 0.2) is 0 Å². The molecule has 5 heteroatoms. The lowest BCUT2D eigenvalue weighted by Crippen LogP contribution is -2.44. The second-order valence-electron chi connectivity index (χ2n) is 8.71. The van der Waals surface area contributed by atoms with E-state index in [4.69, 9.17) is 4.74 Å². The van der Waals surface area contributed by atoms with E-state index in [0.29, 0.717) is 23.5 Å². The summed E-state index contributed by atoms with van der Waals surface area (Å²) in [7, 11) is 1.43. The van der Waals surface area contributed by atoms with Crippen molar-refractivity contribution in [3.8, 4) is 5.75 Å². The van der Waals surface area contributed by atoms with Crippen LogP contribution in [-0.4, -0.2) is 28.0 Å². The first-order chi connectivity index (χ1) is 13.0. The number of benzene rings is 1. The highest BCUT2D eigenvalue weighted by Crippen LogP contribution is 2.60. The predicted molar refractivity (Wildman–Crippen MR) is 101 cm³/mol. The van der Waals surface area contributed by atoms with Gasteiger partial charge in [-0.25, -0.2) is 0 Å². The van der Waals surface area contributed by atoms with Crippen LogP contribution in [0.1, 0.15) is 54.5 Å². The van der Waals surface area contributed by atoms with E-state index in [9.17, 15) is 9.90 Å². The molecule has 0 aliphatic heterocycles. The Labute approximate surface area is 159 Å². The molecular weight excluding hydrogens is 340 g/mol. The van der Waals surface area contributed by atoms with Crippen molar-refractivity contribution >= 4 is 5.97 Å². The minimum atomic E-state index is -0.243. The van der Waals surface area contributed by atoms with E-state index >= 15 is 0 Å². The third kappa shape index (κ3) is 2.36. The van der Waals surface area contributed by atoms with Crippen molar-refractivity contribution in [3.05, 3.63) is 46.8 Å². The van der Waals surface area contributed by atoms with E-state index in [0.717, 1.165) is 25.7 Å². The topological polar surface area (TPSA) is 64.4 Å². The molecule has 1 N–H and O–H groups in total. The summed E-state index contributed by atoms with van der Waals surface area (Å²) in [6.07, 6.45) is 7.50. The van der Waals surface area contributed by atoms with Crippen LogP contribution in [-0.2, 0) is 34.3 Å². The Kier molecular flexibility index (Phi) is 3.65. The van der Waals surface area contributed by atoms with Crippen molar-refractivity contribution in [2.75, 3.05) is 7.11 Å². The maximum absolute atomic E-state index is 11.8. The highest BCUT2D eigenvalue weighted by molar-refractivity contribution is 5.69. The lowest BCUT2D eigenvalue weighted by atomic mass is 9.55. The number of nitrogens with zero attached hydrogens (tertiary/aromatic N) is 2. The number of ether oxygens (including phenoxy) is 1. The Morgan fingerprint density at radius 2 is 2.22 bits per heavy atom. The normalized spacial score (nSPS) is 30.8. The number of phenolic OH excluding ortho intramolecular Hbond substituents is 1. The van der Waals surface area contributed by atoms with E-state index < -0.39 is 0 Å². The molecule has 3 aliphatic carbocycles. The Balaban J connectivity index is 1.50. The molecule has 3 aliphatic rings. The van der Waals surface area contributed by atoms with Gasteiger partial charge in [0.05, 0.1) is 13.3 Å². The number of hydrogen-bond donors (Lipinski definition) is 1. The number of fused-ring (bicyclic) bond motifs is 7. The number of esters is 1. The molecule has 1 saturated carbocycles. The fraction of sp³-hybridized carbons (Fsp3) is 0.545. The molecule has 0 spiro atoms. The van der Waals surface area contributed by atoms with Crippen LogP contribution in [0.2, 0.25) is 0 Å². The fourth-order valence-electron chi connectivity index (χ4n) is 6.34. The molecule has 0 amide bonds. The minimum Gasteiger partial charge on any atom is -0.508 e. The molecule has 1 aromatic heterocycles. The van der Waals surface area contributed by atoms with Gasteiger partial charge < -0.3 is 9.84 Å². The maximum atomic E-state index is 11.8. The predicted octanol–water partition coefficient (Wildman–Crippen LogP) is 3.33. The summed E-state index contributed by atoms with van der Waals surface area (Å²) in [5.74, 6) is 1.96. The molecule has 4 atom stereocenters. The average Bonchev–Trinajstić information content (AvgIpc) is 3.19. The van der Waals surface area contributed by atoms with Gasteiger partial charge in [0.25, 0.3) is 0 Å². The molecule has 1 fully saturated rings. The number of carbonyl (C=O) groups excluding carboxylic acids is 1. The van der Waals surface area contributed by atoms with Crippen molar-refractivity contribution < 1.29 is 14.6 Å². The molecule has 5 rings (SSSR count). The highest BCUT2D eigenvalue weighted by Gasteiger charge is 2.54. The van der Waals surface area contributed by atoms with E-state index in [-0.39, 0.29) is 17.9 Å². The summed E-state index contributed by atoms with van der Waals surface area (Å²) < 4.78 is 6.75. The first kappa shape index (κ1) is 16.8. The number of aromatic nitrogens is 2. The Hall–Kier alpha value is -2.30. The molecule has 0 radical (unpaired) electrons. The van der Waals surface area contributed by atoms with Crippen LogP contribution < -0.4 is 0 Å². The quantitative estimate of drug-likeness (QED) is 0.828. The van der Waals surface area contributed by atoms with E-state index in [2.05, 4.69) is 18.1 Å². The number of carbonyl (C=O) groups is 1. The molecule has 1 aromatic carbocycles. The molecule has 5 nitrogen and oxygen atoms in total. The zero-order chi connectivity index (χ0) is 18.8. The van der Waals surface area contributed by atoms with Crippen molar-refractivity contribution in [1.82, 2.24) is 9.78 Å². The second kappa shape index (κ2) is 5.85. The largest absolute Gasteiger partial charge is 0.508 e.